The molecule has 0 atom stereocenters. The summed E-state index contributed by atoms with van der Waals surface area (Å²) in [4.78, 5) is 14.6. The molecule has 0 aliphatic carbocycles. The highest BCUT2D eigenvalue weighted by atomic mass is 15.3. The van der Waals surface area contributed by atoms with Crippen LogP contribution in [0, 0.1) is 6.92 Å². The molecule has 8 nitrogen and oxygen atoms in total. The third kappa shape index (κ3) is 4.52. The van der Waals surface area contributed by atoms with Crippen molar-refractivity contribution in [3.63, 3.8) is 0 Å². The van der Waals surface area contributed by atoms with Crippen LogP contribution in [0.1, 0.15) is 24.4 Å². The van der Waals surface area contributed by atoms with E-state index in [1.165, 1.54) is 0 Å². The maximum absolute atomic E-state index is 4.69. The second kappa shape index (κ2) is 8.48. The Balaban J connectivity index is 1.70. The summed E-state index contributed by atoms with van der Waals surface area (Å²) in [5.41, 5.74) is 2.13. The Bertz CT molecular complexity index is 894. The molecular formula is C19H26N8. The molecule has 1 aromatic carbocycles. The lowest BCUT2D eigenvalue weighted by Crippen LogP contribution is -2.38. The van der Waals surface area contributed by atoms with E-state index in [9.17, 15) is 0 Å². The summed E-state index contributed by atoms with van der Waals surface area (Å²) in [6.45, 7) is 5.86. The van der Waals surface area contributed by atoms with Gasteiger partial charge in [0.15, 0.2) is 11.8 Å². The van der Waals surface area contributed by atoms with E-state index < -0.39 is 0 Å². The van der Waals surface area contributed by atoms with Crippen LogP contribution in [0.5, 0.6) is 0 Å². The van der Waals surface area contributed by atoms with Gasteiger partial charge in [0.2, 0.25) is 0 Å². The van der Waals surface area contributed by atoms with Crippen LogP contribution in [-0.4, -0.2) is 49.2 Å². The Kier molecular flexibility index (Phi) is 5.85. The number of nitrogens with one attached hydrogen (secondary N) is 2. The van der Waals surface area contributed by atoms with Crippen molar-refractivity contribution < 1.29 is 0 Å². The smallest absolute Gasteiger partial charge is 0.194 e. The minimum Gasteiger partial charge on any atom is -0.357 e. The van der Waals surface area contributed by atoms with Gasteiger partial charge in [-0.2, -0.15) is 0 Å². The number of hydrogen-bond donors (Lipinski definition) is 2. The van der Waals surface area contributed by atoms with Crippen LogP contribution in [0.25, 0.3) is 11.3 Å². The highest BCUT2D eigenvalue weighted by molar-refractivity contribution is 5.79. The standard InChI is InChI=1S/C19H26N8/c1-5-20-19(22-12-18-25-24-14(2)27(18)4)26(3)13-17-21-11-16(23-17)15-9-7-6-8-10-15/h6-11H,5,12-13H2,1-4H3,(H,20,22)(H,21,23). The average molecular weight is 366 g/mol. The van der Waals surface area contributed by atoms with Crippen LogP contribution in [0.3, 0.4) is 0 Å². The van der Waals surface area contributed by atoms with E-state index in [0.717, 1.165) is 41.2 Å². The van der Waals surface area contributed by atoms with Crippen LogP contribution in [0.2, 0.25) is 0 Å². The number of aromatic nitrogens is 5. The molecule has 8 heteroatoms. The zero-order chi connectivity index (χ0) is 19.2. The molecule has 3 aromatic rings. The van der Waals surface area contributed by atoms with Gasteiger partial charge in [0.1, 0.15) is 18.2 Å². The maximum Gasteiger partial charge on any atom is 0.194 e. The molecule has 0 bridgehead atoms. The van der Waals surface area contributed by atoms with Crippen LogP contribution < -0.4 is 5.32 Å². The van der Waals surface area contributed by atoms with Crippen LogP contribution >= 0.6 is 0 Å². The van der Waals surface area contributed by atoms with E-state index >= 15 is 0 Å². The lowest BCUT2D eigenvalue weighted by atomic mass is 10.2. The van der Waals surface area contributed by atoms with Crippen molar-refractivity contribution in [2.75, 3.05) is 13.6 Å². The van der Waals surface area contributed by atoms with E-state index in [2.05, 4.69) is 49.5 Å². The molecule has 0 saturated carbocycles. The van der Waals surface area contributed by atoms with Crippen molar-refractivity contribution in [1.29, 1.82) is 0 Å². The van der Waals surface area contributed by atoms with Crippen molar-refractivity contribution in [2.45, 2.75) is 26.9 Å². The lowest BCUT2D eigenvalue weighted by molar-refractivity contribution is 0.463. The summed E-state index contributed by atoms with van der Waals surface area (Å²) in [6.07, 6.45) is 1.87. The molecule has 3 rings (SSSR count). The zero-order valence-corrected chi connectivity index (χ0v) is 16.3. The van der Waals surface area contributed by atoms with E-state index in [4.69, 9.17) is 0 Å². The Hall–Kier alpha value is -3.16. The second-order valence-corrected chi connectivity index (χ2v) is 6.36. The second-order valence-electron chi connectivity index (χ2n) is 6.36. The first-order chi connectivity index (χ1) is 13.1. The van der Waals surface area contributed by atoms with Gasteiger partial charge >= 0.3 is 0 Å². The van der Waals surface area contributed by atoms with Gasteiger partial charge in [0.05, 0.1) is 18.4 Å². The Morgan fingerprint density at radius 2 is 2.04 bits per heavy atom. The number of guanidine groups is 1. The molecule has 0 unspecified atom stereocenters. The van der Waals surface area contributed by atoms with Gasteiger partial charge in [-0.1, -0.05) is 30.3 Å². The van der Waals surface area contributed by atoms with Crippen LogP contribution in [-0.2, 0) is 20.1 Å². The molecule has 0 saturated heterocycles. The summed E-state index contributed by atoms with van der Waals surface area (Å²) in [7, 11) is 3.94. The SMILES string of the molecule is CCNC(=NCc1nnc(C)n1C)N(C)Cc1ncc(-c2ccccc2)[nH]1. The first kappa shape index (κ1) is 18.6. The summed E-state index contributed by atoms with van der Waals surface area (Å²) in [5, 5.41) is 11.6. The molecule has 0 fully saturated rings. The molecular weight excluding hydrogens is 340 g/mol. The number of H-pyrrole nitrogens is 1. The van der Waals surface area contributed by atoms with Crippen molar-refractivity contribution in [3.05, 3.63) is 54.0 Å². The Labute approximate surface area is 159 Å². The summed E-state index contributed by atoms with van der Waals surface area (Å²) >= 11 is 0. The van der Waals surface area contributed by atoms with E-state index in [0.29, 0.717) is 13.1 Å². The number of nitrogens with zero attached hydrogens (tertiary/aromatic N) is 6. The molecule has 0 radical (unpaired) electrons. The van der Waals surface area contributed by atoms with E-state index in [-0.39, 0.29) is 0 Å². The highest BCUT2D eigenvalue weighted by Gasteiger charge is 2.11. The molecule has 0 aliphatic rings. The summed E-state index contributed by atoms with van der Waals surface area (Å²) in [5.74, 6) is 3.40. The van der Waals surface area contributed by atoms with Crippen molar-refractivity contribution in [2.24, 2.45) is 12.0 Å². The molecule has 0 amide bonds. The van der Waals surface area contributed by atoms with E-state index in [1.807, 2.05) is 54.9 Å². The Morgan fingerprint density at radius 3 is 2.70 bits per heavy atom. The third-order valence-corrected chi connectivity index (χ3v) is 4.35. The van der Waals surface area contributed by atoms with Gasteiger partial charge < -0.3 is 19.8 Å². The predicted octanol–water partition coefficient (Wildman–Crippen LogP) is 2.11. The van der Waals surface area contributed by atoms with Gasteiger partial charge in [0.25, 0.3) is 0 Å². The Morgan fingerprint density at radius 1 is 1.26 bits per heavy atom. The largest absolute Gasteiger partial charge is 0.357 e. The molecule has 2 N–H and O–H groups in total. The number of aryl methyl sites for hydroxylation is 1. The van der Waals surface area contributed by atoms with Gasteiger partial charge in [-0.3, -0.25) is 0 Å². The average Bonchev–Trinajstić information content (AvgIpc) is 3.27. The topological polar surface area (TPSA) is 87.0 Å². The van der Waals surface area contributed by atoms with Crippen molar-refractivity contribution >= 4 is 5.96 Å². The molecule has 0 spiro atoms. The number of imidazole rings is 1. The van der Waals surface area contributed by atoms with Gasteiger partial charge in [0, 0.05) is 20.6 Å². The number of aliphatic imine (C=N–C) groups is 1. The van der Waals surface area contributed by atoms with Crippen molar-refractivity contribution in [3.8, 4) is 11.3 Å². The lowest BCUT2D eigenvalue weighted by Gasteiger charge is -2.21. The monoisotopic (exact) mass is 366 g/mol. The fourth-order valence-corrected chi connectivity index (χ4v) is 2.71. The van der Waals surface area contributed by atoms with Crippen LogP contribution in [0.15, 0.2) is 41.5 Å². The van der Waals surface area contributed by atoms with Crippen molar-refractivity contribution in [1.82, 2.24) is 34.9 Å². The normalized spacial score (nSPS) is 11.6. The number of rotatable bonds is 6. The van der Waals surface area contributed by atoms with Crippen LogP contribution in [0.4, 0.5) is 0 Å². The number of hydrogen-bond acceptors (Lipinski definition) is 4. The third-order valence-electron chi connectivity index (χ3n) is 4.35. The molecule has 0 aliphatic heterocycles. The molecule has 27 heavy (non-hydrogen) atoms. The molecule has 2 heterocycles. The minimum atomic E-state index is 0.470. The minimum absolute atomic E-state index is 0.470. The quantitative estimate of drug-likeness (QED) is 0.515. The zero-order valence-electron chi connectivity index (χ0n) is 16.3. The summed E-state index contributed by atoms with van der Waals surface area (Å²) in [6, 6.07) is 10.2. The maximum atomic E-state index is 4.69. The first-order valence-electron chi connectivity index (χ1n) is 9.02. The summed E-state index contributed by atoms with van der Waals surface area (Å²) < 4.78 is 1.95. The fraction of sp³-hybridized carbons (Fsp3) is 0.368. The number of aromatic amines is 1. The molecule has 2 aromatic heterocycles. The van der Waals surface area contributed by atoms with Gasteiger partial charge in [-0.25, -0.2) is 9.98 Å². The highest BCUT2D eigenvalue weighted by Crippen LogP contribution is 2.16. The predicted molar refractivity (Wildman–Crippen MR) is 106 cm³/mol. The number of benzene rings is 1. The fourth-order valence-electron chi connectivity index (χ4n) is 2.71. The van der Waals surface area contributed by atoms with Gasteiger partial charge in [-0.05, 0) is 19.4 Å². The van der Waals surface area contributed by atoms with E-state index in [1.54, 1.807) is 0 Å². The first-order valence-corrected chi connectivity index (χ1v) is 9.02. The van der Waals surface area contributed by atoms with Gasteiger partial charge in [-0.15, -0.1) is 10.2 Å². The molecule has 142 valence electrons.